The van der Waals surface area contributed by atoms with E-state index in [1.807, 2.05) is 48.5 Å². The molecule has 4 aromatic carbocycles. The van der Waals surface area contributed by atoms with Gasteiger partial charge in [-0.05, 0) is 118 Å². The van der Waals surface area contributed by atoms with Crippen LogP contribution < -0.4 is 29.2 Å². The van der Waals surface area contributed by atoms with Crippen LogP contribution in [-0.4, -0.2) is 99.7 Å². The maximum absolute atomic E-state index is 13.2. The second kappa shape index (κ2) is 23.6. The summed E-state index contributed by atoms with van der Waals surface area (Å²) in [5.41, 5.74) is 2.92. The lowest BCUT2D eigenvalue weighted by molar-refractivity contribution is -0.119. The Morgan fingerprint density at radius 2 is 1.35 bits per heavy atom. The number of ether oxygens (including phenoxy) is 4. The van der Waals surface area contributed by atoms with E-state index in [4.69, 9.17) is 42.1 Å². The summed E-state index contributed by atoms with van der Waals surface area (Å²) in [6, 6.07) is 25.4. The summed E-state index contributed by atoms with van der Waals surface area (Å²) in [6.07, 6.45) is 9.26. The molecule has 3 atom stereocenters. The molecule has 0 spiro atoms. The number of aliphatic hydroxyl groups excluding tert-OH is 1. The van der Waals surface area contributed by atoms with Crippen LogP contribution in [0.1, 0.15) is 74.3 Å². The Kier molecular flexibility index (Phi) is 17.8. The predicted molar refractivity (Wildman–Crippen MR) is 247 cm³/mol. The number of methoxy groups -OCH3 is 2. The van der Waals surface area contributed by atoms with E-state index in [1.165, 1.54) is 43.4 Å². The highest BCUT2D eigenvalue weighted by Gasteiger charge is 2.40. The van der Waals surface area contributed by atoms with E-state index in [9.17, 15) is 14.7 Å². The normalized spacial score (nSPS) is 18.6. The van der Waals surface area contributed by atoms with Crippen molar-refractivity contribution < 1.29 is 33.6 Å². The van der Waals surface area contributed by atoms with Crippen LogP contribution in [0.25, 0.3) is 0 Å². The molecule has 3 unspecified atom stereocenters. The standard InChI is InChI=1S/C25H31ClN2O3.C24H29ClN2O4/c1-3-8-22(19-9-7-10-20(26)17-19)25(29)27-21-11-12-23(30-2)24(18-21)31-16-15-28-13-5-4-6-14-28;1-30-21-9-8-19(15-22(21)31-13-12-26-10-3-2-4-11-26)27-23(28)16-20(24(27)29)17-6-5-7-18(25)14-17/h3,7,9-12,17-18,22H,1,4-6,8,13-16H2,2H3,(H,27,29);5-9,14-15,20,23,28H,2-4,10-13,16H2,1H3. The van der Waals surface area contributed by atoms with E-state index in [2.05, 4.69) is 21.7 Å². The molecule has 3 saturated heterocycles. The Morgan fingerprint density at radius 1 is 0.774 bits per heavy atom. The summed E-state index contributed by atoms with van der Waals surface area (Å²) in [5.74, 6) is 1.37. The molecule has 0 aromatic heterocycles. The van der Waals surface area contributed by atoms with Gasteiger partial charge in [0.2, 0.25) is 11.8 Å². The number of nitrogens with one attached hydrogen (secondary N) is 1. The van der Waals surface area contributed by atoms with Crippen LogP contribution in [0.3, 0.4) is 0 Å². The minimum absolute atomic E-state index is 0.119. The summed E-state index contributed by atoms with van der Waals surface area (Å²) < 4.78 is 22.9. The number of likely N-dealkylation sites (tertiary alicyclic amines) is 2. The van der Waals surface area contributed by atoms with Crippen molar-refractivity contribution in [3.63, 3.8) is 0 Å². The molecule has 3 aliphatic rings. The maximum atomic E-state index is 13.2. The Morgan fingerprint density at radius 3 is 1.94 bits per heavy atom. The molecular weight excluding hydrogens is 827 g/mol. The van der Waals surface area contributed by atoms with Gasteiger partial charge >= 0.3 is 0 Å². The Bertz CT molecular complexity index is 2090. The van der Waals surface area contributed by atoms with E-state index in [0.717, 1.165) is 50.4 Å². The molecule has 13 heteroatoms. The van der Waals surface area contributed by atoms with Crippen molar-refractivity contribution >= 4 is 46.4 Å². The zero-order valence-electron chi connectivity index (χ0n) is 35.9. The number of nitrogens with zero attached hydrogens (tertiary/aromatic N) is 3. The monoisotopic (exact) mass is 886 g/mol. The van der Waals surface area contributed by atoms with E-state index < -0.39 is 12.1 Å². The quantitative estimate of drug-likeness (QED) is 0.100. The number of carbonyl (C=O) groups is 2. The van der Waals surface area contributed by atoms with E-state index in [-0.39, 0.29) is 17.7 Å². The highest BCUT2D eigenvalue weighted by Crippen LogP contribution is 2.40. The number of benzene rings is 4. The zero-order valence-corrected chi connectivity index (χ0v) is 37.4. The highest BCUT2D eigenvalue weighted by atomic mass is 35.5. The Labute approximate surface area is 376 Å². The molecular formula is C49H60Cl2N4O7. The molecule has 0 aliphatic carbocycles. The Balaban J connectivity index is 0.000000207. The van der Waals surface area contributed by atoms with Gasteiger partial charge in [0.15, 0.2) is 23.0 Å². The number of allylic oxidation sites excluding steroid dienone is 1. The average molecular weight is 888 g/mol. The topological polar surface area (TPSA) is 113 Å². The van der Waals surface area contributed by atoms with Crippen LogP contribution in [0.15, 0.2) is 97.6 Å². The number of hydrogen-bond acceptors (Lipinski definition) is 9. The van der Waals surface area contributed by atoms with E-state index in [1.54, 1.807) is 56.7 Å². The summed E-state index contributed by atoms with van der Waals surface area (Å²) in [6.45, 7) is 11.1. The summed E-state index contributed by atoms with van der Waals surface area (Å²) in [4.78, 5) is 32.4. The third-order valence-corrected chi connectivity index (χ3v) is 12.1. The number of halogens is 2. The largest absolute Gasteiger partial charge is 0.493 e. The lowest BCUT2D eigenvalue weighted by Crippen LogP contribution is -2.34. The fourth-order valence-corrected chi connectivity index (χ4v) is 8.68. The third-order valence-electron chi connectivity index (χ3n) is 11.6. The van der Waals surface area contributed by atoms with Gasteiger partial charge in [-0.2, -0.15) is 0 Å². The molecule has 4 aromatic rings. The predicted octanol–water partition coefficient (Wildman–Crippen LogP) is 9.56. The second-order valence-electron chi connectivity index (χ2n) is 15.9. The molecule has 7 rings (SSSR count). The average Bonchev–Trinajstić information content (AvgIpc) is 3.59. The van der Waals surface area contributed by atoms with Crippen LogP contribution in [0.2, 0.25) is 10.0 Å². The number of rotatable bonds is 17. The lowest BCUT2D eigenvalue weighted by atomic mass is 9.94. The van der Waals surface area contributed by atoms with Crippen molar-refractivity contribution in [1.29, 1.82) is 0 Å². The number of anilines is 2. The molecule has 2 N–H and O–H groups in total. The molecule has 0 saturated carbocycles. The second-order valence-corrected chi connectivity index (χ2v) is 16.7. The van der Waals surface area contributed by atoms with Crippen LogP contribution in [0.4, 0.5) is 11.4 Å². The first-order chi connectivity index (χ1) is 30.2. The molecule has 0 bridgehead atoms. The minimum Gasteiger partial charge on any atom is -0.493 e. The van der Waals surface area contributed by atoms with Gasteiger partial charge in [0.1, 0.15) is 19.4 Å². The molecule has 11 nitrogen and oxygen atoms in total. The summed E-state index contributed by atoms with van der Waals surface area (Å²) >= 11 is 12.2. The van der Waals surface area contributed by atoms with Gasteiger partial charge < -0.3 is 29.4 Å². The molecule has 2 amide bonds. The van der Waals surface area contributed by atoms with Gasteiger partial charge in [0.05, 0.1) is 31.7 Å². The lowest BCUT2D eigenvalue weighted by Gasteiger charge is -2.26. The van der Waals surface area contributed by atoms with Crippen LogP contribution in [0, 0.1) is 0 Å². The number of piperidine rings is 2. The van der Waals surface area contributed by atoms with Gasteiger partial charge in [-0.1, -0.05) is 66.4 Å². The molecule has 3 heterocycles. The first-order valence-electron chi connectivity index (χ1n) is 21.7. The molecule has 3 aliphatic heterocycles. The number of amides is 2. The molecule has 62 heavy (non-hydrogen) atoms. The van der Waals surface area contributed by atoms with Gasteiger partial charge in [0, 0.05) is 47.4 Å². The third kappa shape index (κ3) is 12.9. The maximum Gasteiger partial charge on any atom is 0.236 e. The van der Waals surface area contributed by atoms with Crippen molar-refractivity contribution in [2.45, 2.75) is 69.4 Å². The first kappa shape index (κ1) is 46.7. The molecule has 3 fully saturated rings. The van der Waals surface area contributed by atoms with Crippen molar-refractivity contribution in [2.75, 3.05) is 76.9 Å². The van der Waals surface area contributed by atoms with Crippen LogP contribution in [-0.2, 0) is 9.59 Å². The zero-order chi connectivity index (χ0) is 43.8. The van der Waals surface area contributed by atoms with E-state index >= 15 is 0 Å². The minimum atomic E-state index is -0.911. The molecule has 0 radical (unpaired) electrons. The first-order valence-corrected chi connectivity index (χ1v) is 22.4. The molecule has 332 valence electrons. The number of carbonyl (C=O) groups excluding carboxylic acids is 2. The highest BCUT2D eigenvalue weighted by molar-refractivity contribution is 6.31. The van der Waals surface area contributed by atoms with Crippen molar-refractivity contribution in [3.05, 3.63) is 119 Å². The number of hydrogen-bond donors (Lipinski definition) is 2. The van der Waals surface area contributed by atoms with Crippen LogP contribution >= 0.6 is 23.2 Å². The van der Waals surface area contributed by atoms with E-state index in [0.29, 0.717) is 70.5 Å². The fourth-order valence-electron chi connectivity index (χ4n) is 8.28. The van der Waals surface area contributed by atoms with Crippen molar-refractivity contribution in [2.24, 2.45) is 0 Å². The van der Waals surface area contributed by atoms with Gasteiger partial charge in [-0.15, -0.1) is 6.58 Å². The van der Waals surface area contributed by atoms with Gasteiger partial charge in [-0.3, -0.25) is 24.3 Å². The van der Waals surface area contributed by atoms with Gasteiger partial charge in [0.25, 0.3) is 0 Å². The van der Waals surface area contributed by atoms with Crippen molar-refractivity contribution in [3.8, 4) is 23.0 Å². The fraction of sp³-hybridized carbons (Fsp3) is 0.429. The smallest absolute Gasteiger partial charge is 0.236 e. The SMILES string of the molecule is C=CCC(C(=O)Nc1ccc(OC)c(OCCN2CCCCC2)c1)c1cccc(Cl)c1.COc1ccc(N2C(=O)C(c3cccc(Cl)c3)CC2O)cc1OCCN1CCCCC1. The summed E-state index contributed by atoms with van der Waals surface area (Å²) in [5, 5.41) is 14.9. The Hall–Kier alpha value is -4.78. The van der Waals surface area contributed by atoms with Crippen molar-refractivity contribution in [1.82, 2.24) is 9.80 Å². The van der Waals surface area contributed by atoms with Crippen LogP contribution in [0.5, 0.6) is 23.0 Å². The summed E-state index contributed by atoms with van der Waals surface area (Å²) in [7, 11) is 3.21. The van der Waals surface area contributed by atoms with Gasteiger partial charge in [-0.25, -0.2) is 0 Å². The number of aliphatic hydroxyl groups is 1.